The highest BCUT2D eigenvalue weighted by Gasteiger charge is 2.36. The van der Waals surface area contributed by atoms with Crippen molar-refractivity contribution in [3.63, 3.8) is 0 Å². The minimum absolute atomic E-state index is 0.0251. The summed E-state index contributed by atoms with van der Waals surface area (Å²) in [4.78, 5) is 9.35. The standard InChI is InChI=1S/C22H20F3N5/c1-3-4-15-7-11-18(12-8-15)30(2)20-19(22(23,24)25)14-27-21(29-20)28-17-9-5-16(13-26)6-10-17/h5-12,14H,3-4H2,1-2H3,(H,27,28,29). The van der Waals surface area contributed by atoms with Crippen LogP contribution in [0.1, 0.15) is 30.0 Å². The Hall–Kier alpha value is -3.60. The number of nitriles is 1. The predicted octanol–water partition coefficient (Wildman–Crippen LogP) is 5.83. The van der Waals surface area contributed by atoms with E-state index in [4.69, 9.17) is 5.26 Å². The molecule has 0 aliphatic heterocycles. The summed E-state index contributed by atoms with van der Waals surface area (Å²) in [6.45, 7) is 2.07. The summed E-state index contributed by atoms with van der Waals surface area (Å²) in [6.07, 6.45) is -1.93. The fraction of sp³-hybridized carbons (Fsp3) is 0.227. The highest BCUT2D eigenvalue weighted by Crippen LogP contribution is 2.37. The van der Waals surface area contributed by atoms with Crippen molar-refractivity contribution in [2.24, 2.45) is 0 Å². The number of halogens is 3. The first-order valence-corrected chi connectivity index (χ1v) is 9.36. The Morgan fingerprint density at radius 3 is 2.30 bits per heavy atom. The van der Waals surface area contributed by atoms with Crippen LogP contribution >= 0.6 is 0 Å². The Kier molecular flexibility index (Phi) is 6.21. The lowest BCUT2D eigenvalue weighted by molar-refractivity contribution is -0.137. The lowest BCUT2D eigenvalue weighted by Crippen LogP contribution is -2.19. The largest absolute Gasteiger partial charge is 0.421 e. The van der Waals surface area contributed by atoms with Crippen molar-refractivity contribution in [2.75, 3.05) is 17.3 Å². The SMILES string of the molecule is CCCc1ccc(N(C)c2nc(Nc3ccc(C#N)cc3)ncc2C(F)(F)F)cc1. The molecule has 0 bridgehead atoms. The summed E-state index contributed by atoms with van der Waals surface area (Å²) in [5, 5.41) is 11.8. The molecule has 1 heterocycles. The van der Waals surface area contributed by atoms with Crippen LogP contribution in [-0.4, -0.2) is 17.0 Å². The molecule has 0 radical (unpaired) electrons. The Balaban J connectivity index is 1.95. The van der Waals surface area contributed by atoms with Crippen molar-refractivity contribution in [3.8, 4) is 6.07 Å². The van der Waals surface area contributed by atoms with E-state index < -0.39 is 11.7 Å². The number of anilines is 4. The van der Waals surface area contributed by atoms with Crippen LogP contribution in [0.15, 0.2) is 54.7 Å². The van der Waals surface area contributed by atoms with E-state index >= 15 is 0 Å². The average molecular weight is 411 g/mol. The Morgan fingerprint density at radius 1 is 1.07 bits per heavy atom. The molecule has 0 aliphatic carbocycles. The molecule has 0 saturated carbocycles. The first-order valence-electron chi connectivity index (χ1n) is 9.36. The summed E-state index contributed by atoms with van der Waals surface area (Å²) in [6, 6.07) is 15.8. The molecule has 0 unspecified atom stereocenters. The summed E-state index contributed by atoms with van der Waals surface area (Å²) in [5.74, 6) is -0.228. The van der Waals surface area contributed by atoms with E-state index in [1.54, 1.807) is 36.4 Å². The van der Waals surface area contributed by atoms with Crippen LogP contribution in [0.3, 0.4) is 0 Å². The zero-order chi connectivity index (χ0) is 21.7. The van der Waals surface area contributed by atoms with Gasteiger partial charge in [-0.3, -0.25) is 0 Å². The van der Waals surface area contributed by atoms with Gasteiger partial charge in [-0.2, -0.15) is 23.4 Å². The van der Waals surface area contributed by atoms with Crippen molar-refractivity contribution in [1.29, 1.82) is 5.26 Å². The molecule has 154 valence electrons. The quantitative estimate of drug-likeness (QED) is 0.553. The second kappa shape index (κ2) is 8.82. The van der Waals surface area contributed by atoms with Gasteiger partial charge in [0.2, 0.25) is 5.95 Å². The van der Waals surface area contributed by atoms with Crippen LogP contribution in [0.4, 0.5) is 36.3 Å². The lowest BCUT2D eigenvalue weighted by atomic mass is 10.1. The molecule has 0 amide bonds. The number of nitrogens with one attached hydrogen (secondary N) is 1. The molecular formula is C22H20F3N5. The van der Waals surface area contributed by atoms with Crippen molar-refractivity contribution in [3.05, 3.63) is 71.4 Å². The number of benzene rings is 2. The number of alkyl halides is 3. The first kappa shape index (κ1) is 21.1. The number of hydrogen-bond donors (Lipinski definition) is 1. The maximum absolute atomic E-state index is 13.6. The van der Waals surface area contributed by atoms with Crippen LogP contribution in [-0.2, 0) is 12.6 Å². The van der Waals surface area contributed by atoms with Gasteiger partial charge in [-0.15, -0.1) is 0 Å². The van der Waals surface area contributed by atoms with Gasteiger partial charge in [-0.05, 0) is 48.4 Å². The minimum Gasteiger partial charge on any atom is -0.329 e. The van der Waals surface area contributed by atoms with Crippen molar-refractivity contribution >= 4 is 23.1 Å². The summed E-state index contributed by atoms with van der Waals surface area (Å²) >= 11 is 0. The predicted molar refractivity (Wildman–Crippen MR) is 110 cm³/mol. The molecule has 5 nitrogen and oxygen atoms in total. The van der Waals surface area contributed by atoms with Crippen LogP contribution in [0, 0.1) is 11.3 Å². The number of nitrogens with zero attached hydrogens (tertiary/aromatic N) is 4. The lowest BCUT2D eigenvalue weighted by Gasteiger charge is -2.23. The second-order valence-corrected chi connectivity index (χ2v) is 6.72. The average Bonchev–Trinajstić information content (AvgIpc) is 2.74. The van der Waals surface area contributed by atoms with Crippen LogP contribution < -0.4 is 10.2 Å². The normalized spacial score (nSPS) is 11.1. The van der Waals surface area contributed by atoms with Crippen LogP contribution in [0.25, 0.3) is 0 Å². The third kappa shape index (κ3) is 4.87. The fourth-order valence-electron chi connectivity index (χ4n) is 2.94. The fourth-order valence-corrected chi connectivity index (χ4v) is 2.94. The third-order valence-electron chi connectivity index (χ3n) is 4.52. The summed E-state index contributed by atoms with van der Waals surface area (Å²) in [5.41, 5.74) is 1.82. The molecule has 0 fully saturated rings. The number of hydrogen-bond acceptors (Lipinski definition) is 5. The van der Waals surface area contributed by atoms with Gasteiger partial charge in [0.1, 0.15) is 5.56 Å². The van der Waals surface area contributed by atoms with Crippen LogP contribution in [0.2, 0.25) is 0 Å². The van der Waals surface area contributed by atoms with Crippen LogP contribution in [0.5, 0.6) is 0 Å². The maximum atomic E-state index is 13.6. The molecule has 1 aromatic heterocycles. The number of aromatic nitrogens is 2. The van der Waals surface area contributed by atoms with E-state index in [0.717, 1.165) is 24.6 Å². The van der Waals surface area contributed by atoms with E-state index in [2.05, 4.69) is 22.2 Å². The van der Waals surface area contributed by atoms with Crippen molar-refractivity contribution in [2.45, 2.75) is 25.9 Å². The molecule has 0 saturated heterocycles. The summed E-state index contributed by atoms with van der Waals surface area (Å²) < 4.78 is 40.7. The highest BCUT2D eigenvalue weighted by molar-refractivity contribution is 5.65. The van der Waals surface area contributed by atoms with E-state index in [-0.39, 0.29) is 11.8 Å². The maximum Gasteiger partial charge on any atom is 0.421 e. The molecule has 0 spiro atoms. The van der Waals surface area contributed by atoms with E-state index in [1.165, 1.54) is 11.9 Å². The van der Waals surface area contributed by atoms with Gasteiger partial charge in [0.15, 0.2) is 5.82 Å². The molecule has 30 heavy (non-hydrogen) atoms. The van der Waals surface area contributed by atoms with Gasteiger partial charge < -0.3 is 10.2 Å². The van der Waals surface area contributed by atoms with Gasteiger partial charge in [0.05, 0.1) is 11.6 Å². The molecule has 0 atom stereocenters. The Labute approximate surface area is 172 Å². The molecule has 1 N–H and O–H groups in total. The topological polar surface area (TPSA) is 64.8 Å². The summed E-state index contributed by atoms with van der Waals surface area (Å²) in [7, 11) is 1.54. The molecule has 8 heteroatoms. The molecule has 3 rings (SSSR count). The first-order chi connectivity index (χ1) is 14.3. The zero-order valence-corrected chi connectivity index (χ0v) is 16.5. The van der Waals surface area contributed by atoms with E-state index in [9.17, 15) is 13.2 Å². The Bertz CT molecular complexity index is 1040. The van der Waals surface area contributed by atoms with Crippen molar-refractivity contribution in [1.82, 2.24) is 9.97 Å². The van der Waals surface area contributed by atoms with Gasteiger partial charge in [0, 0.05) is 24.6 Å². The Morgan fingerprint density at radius 2 is 1.73 bits per heavy atom. The minimum atomic E-state index is -4.60. The van der Waals surface area contributed by atoms with Gasteiger partial charge in [-0.25, -0.2) is 4.98 Å². The van der Waals surface area contributed by atoms with Gasteiger partial charge in [0.25, 0.3) is 0 Å². The number of aryl methyl sites for hydroxylation is 1. The molecule has 3 aromatic rings. The van der Waals surface area contributed by atoms with Gasteiger partial charge >= 0.3 is 6.18 Å². The highest BCUT2D eigenvalue weighted by atomic mass is 19.4. The van der Waals surface area contributed by atoms with E-state index in [0.29, 0.717) is 16.9 Å². The van der Waals surface area contributed by atoms with Gasteiger partial charge in [-0.1, -0.05) is 25.5 Å². The van der Waals surface area contributed by atoms with E-state index in [1.807, 2.05) is 18.2 Å². The third-order valence-corrected chi connectivity index (χ3v) is 4.52. The molecular weight excluding hydrogens is 391 g/mol. The zero-order valence-electron chi connectivity index (χ0n) is 16.5. The molecule has 2 aromatic carbocycles. The smallest absolute Gasteiger partial charge is 0.329 e. The number of rotatable bonds is 6. The second-order valence-electron chi connectivity index (χ2n) is 6.72. The monoisotopic (exact) mass is 411 g/mol. The van der Waals surface area contributed by atoms with Crippen molar-refractivity contribution < 1.29 is 13.2 Å². The molecule has 0 aliphatic rings.